The van der Waals surface area contributed by atoms with E-state index >= 15 is 0 Å². The van der Waals surface area contributed by atoms with Gasteiger partial charge in [0.2, 0.25) is 5.91 Å². The Morgan fingerprint density at radius 1 is 1.36 bits per heavy atom. The van der Waals surface area contributed by atoms with E-state index in [-0.39, 0.29) is 11.7 Å². The summed E-state index contributed by atoms with van der Waals surface area (Å²) in [5.74, 6) is 0.986. The fourth-order valence-corrected chi connectivity index (χ4v) is 3.63. The highest BCUT2D eigenvalue weighted by Crippen LogP contribution is 2.23. The fraction of sp³-hybridized carbons (Fsp3) is 0.250. The summed E-state index contributed by atoms with van der Waals surface area (Å²) in [6.07, 6.45) is 4.16. The summed E-state index contributed by atoms with van der Waals surface area (Å²) in [6, 6.07) is 7.91. The highest BCUT2D eigenvalue weighted by atomic mass is 32.2. The molecule has 0 spiro atoms. The number of benzene rings is 1. The van der Waals surface area contributed by atoms with E-state index in [0.717, 1.165) is 17.0 Å². The second kappa shape index (κ2) is 8.13. The molecule has 0 aliphatic rings. The molecule has 1 N–H and O–H groups in total. The zero-order valence-electron chi connectivity index (χ0n) is 13.8. The molecule has 3 aromatic rings. The Balaban J connectivity index is 1.52. The summed E-state index contributed by atoms with van der Waals surface area (Å²) in [5, 5.41) is 11.8. The number of hydrogen-bond acceptors (Lipinski definition) is 7. The molecule has 25 heavy (non-hydrogen) atoms. The first-order valence-electron chi connectivity index (χ1n) is 7.48. The number of aromatic nitrogens is 4. The maximum atomic E-state index is 12.0. The van der Waals surface area contributed by atoms with E-state index in [9.17, 15) is 4.79 Å². The summed E-state index contributed by atoms with van der Waals surface area (Å²) < 4.78 is 6.93. The Morgan fingerprint density at radius 2 is 2.16 bits per heavy atom. The maximum absolute atomic E-state index is 12.0. The number of anilines is 1. The minimum absolute atomic E-state index is 0.113. The molecule has 0 radical (unpaired) electrons. The Morgan fingerprint density at radius 3 is 2.84 bits per heavy atom. The molecule has 2 aromatic heterocycles. The average Bonchev–Trinajstić information content (AvgIpc) is 3.22. The fourth-order valence-electron chi connectivity index (χ4n) is 2.08. The van der Waals surface area contributed by atoms with Crippen molar-refractivity contribution in [3.63, 3.8) is 0 Å². The Kier molecular flexibility index (Phi) is 5.67. The van der Waals surface area contributed by atoms with E-state index in [0.29, 0.717) is 10.3 Å². The second-order valence-corrected chi connectivity index (χ2v) is 7.28. The largest absolute Gasteiger partial charge is 0.497 e. The molecule has 0 aliphatic carbocycles. The minimum Gasteiger partial charge on any atom is -0.497 e. The van der Waals surface area contributed by atoms with Gasteiger partial charge in [0, 0.05) is 24.5 Å². The topological polar surface area (TPSA) is 81.9 Å². The van der Waals surface area contributed by atoms with Crippen LogP contribution in [-0.4, -0.2) is 38.5 Å². The third-order valence-corrected chi connectivity index (χ3v) is 5.29. The first-order valence-corrected chi connectivity index (χ1v) is 9.28. The van der Waals surface area contributed by atoms with E-state index in [1.165, 1.54) is 28.7 Å². The van der Waals surface area contributed by atoms with Crippen molar-refractivity contribution in [1.82, 2.24) is 19.7 Å². The van der Waals surface area contributed by atoms with Crippen molar-refractivity contribution in [3.05, 3.63) is 47.2 Å². The van der Waals surface area contributed by atoms with E-state index in [2.05, 4.69) is 20.5 Å². The van der Waals surface area contributed by atoms with Crippen molar-refractivity contribution >= 4 is 34.1 Å². The molecule has 0 aliphatic heterocycles. The van der Waals surface area contributed by atoms with Crippen LogP contribution in [-0.2, 0) is 18.3 Å². The molecule has 1 amide bonds. The lowest BCUT2D eigenvalue weighted by Crippen LogP contribution is -2.14. The number of carbonyl (C=O) groups excluding carboxylic acids is 1. The van der Waals surface area contributed by atoms with Gasteiger partial charge in [0.05, 0.1) is 12.9 Å². The Hall–Kier alpha value is -2.39. The van der Waals surface area contributed by atoms with Gasteiger partial charge >= 0.3 is 0 Å². The number of methoxy groups -OCH3 is 1. The maximum Gasteiger partial charge on any atom is 0.236 e. The predicted octanol–water partition coefficient (Wildman–Crippen LogP) is 2.60. The molecular weight excluding hydrogens is 358 g/mol. The number of thioether (sulfide) groups is 1. The number of nitrogens with zero attached hydrogens (tertiary/aromatic N) is 4. The van der Waals surface area contributed by atoms with Crippen LogP contribution < -0.4 is 10.1 Å². The SMILES string of the molecule is COc1ccc(Cc2cnc(NC(=O)CSc3nncn3C)s2)cc1. The molecule has 3 rings (SSSR count). The highest BCUT2D eigenvalue weighted by Gasteiger charge is 2.10. The Bertz CT molecular complexity index is 844. The van der Waals surface area contributed by atoms with Crippen LogP contribution in [0.15, 0.2) is 41.9 Å². The van der Waals surface area contributed by atoms with Gasteiger partial charge < -0.3 is 14.6 Å². The molecule has 0 saturated heterocycles. The van der Waals surface area contributed by atoms with E-state index in [1.54, 1.807) is 24.2 Å². The number of amides is 1. The van der Waals surface area contributed by atoms with E-state index < -0.39 is 0 Å². The quantitative estimate of drug-likeness (QED) is 0.639. The van der Waals surface area contributed by atoms with Crippen LogP contribution >= 0.6 is 23.1 Å². The zero-order valence-corrected chi connectivity index (χ0v) is 15.4. The van der Waals surface area contributed by atoms with Gasteiger partial charge in [-0.2, -0.15) is 0 Å². The highest BCUT2D eigenvalue weighted by molar-refractivity contribution is 7.99. The Labute approximate surface area is 153 Å². The molecular formula is C16H17N5O2S2. The number of hydrogen-bond donors (Lipinski definition) is 1. The lowest BCUT2D eigenvalue weighted by Gasteiger charge is -2.02. The van der Waals surface area contributed by atoms with Crippen molar-refractivity contribution < 1.29 is 9.53 Å². The molecule has 0 bridgehead atoms. The van der Waals surface area contributed by atoms with Crippen molar-refractivity contribution in [2.24, 2.45) is 7.05 Å². The van der Waals surface area contributed by atoms with Crippen LogP contribution in [0.25, 0.3) is 0 Å². The van der Waals surface area contributed by atoms with Gasteiger partial charge in [-0.3, -0.25) is 4.79 Å². The number of ether oxygens (including phenoxy) is 1. The molecule has 130 valence electrons. The van der Waals surface area contributed by atoms with Crippen LogP contribution in [0.2, 0.25) is 0 Å². The third-order valence-electron chi connectivity index (χ3n) is 3.34. The van der Waals surface area contributed by atoms with E-state index in [1.807, 2.05) is 31.3 Å². The summed E-state index contributed by atoms with van der Waals surface area (Å²) in [6.45, 7) is 0. The zero-order chi connectivity index (χ0) is 17.6. The summed E-state index contributed by atoms with van der Waals surface area (Å²) >= 11 is 2.81. The smallest absolute Gasteiger partial charge is 0.236 e. The first-order chi connectivity index (χ1) is 12.1. The van der Waals surface area contributed by atoms with Gasteiger partial charge in [0.1, 0.15) is 12.1 Å². The standard InChI is InChI=1S/C16H17N5O2S2/c1-21-10-18-20-16(21)24-9-14(22)19-15-17-8-13(25-15)7-11-3-5-12(23-2)6-4-11/h3-6,8,10H,7,9H2,1-2H3,(H,17,19,22). The van der Waals surface area contributed by atoms with Gasteiger partial charge in [-0.05, 0) is 17.7 Å². The number of rotatable bonds is 7. The number of carbonyl (C=O) groups is 1. The number of aryl methyl sites for hydroxylation is 1. The molecule has 9 heteroatoms. The number of thiazole rings is 1. The molecule has 0 atom stereocenters. The lowest BCUT2D eigenvalue weighted by molar-refractivity contribution is -0.113. The molecule has 1 aromatic carbocycles. The predicted molar refractivity (Wildman–Crippen MR) is 98.3 cm³/mol. The van der Waals surface area contributed by atoms with Crippen LogP contribution in [0.5, 0.6) is 5.75 Å². The van der Waals surface area contributed by atoms with Crippen LogP contribution in [0.3, 0.4) is 0 Å². The van der Waals surface area contributed by atoms with Gasteiger partial charge in [0.25, 0.3) is 0 Å². The van der Waals surface area contributed by atoms with Crippen LogP contribution in [0.1, 0.15) is 10.4 Å². The van der Waals surface area contributed by atoms with Gasteiger partial charge in [-0.15, -0.1) is 21.5 Å². The van der Waals surface area contributed by atoms with Crippen molar-refractivity contribution in [1.29, 1.82) is 0 Å². The molecule has 7 nitrogen and oxygen atoms in total. The molecule has 0 saturated carbocycles. The number of nitrogens with one attached hydrogen (secondary N) is 1. The van der Waals surface area contributed by atoms with Crippen LogP contribution in [0, 0.1) is 0 Å². The third kappa shape index (κ3) is 4.80. The van der Waals surface area contributed by atoms with Crippen LogP contribution in [0.4, 0.5) is 5.13 Å². The van der Waals surface area contributed by atoms with Crippen molar-refractivity contribution in [2.45, 2.75) is 11.6 Å². The van der Waals surface area contributed by atoms with Gasteiger partial charge in [-0.1, -0.05) is 23.9 Å². The van der Waals surface area contributed by atoms with E-state index in [4.69, 9.17) is 4.74 Å². The molecule has 0 fully saturated rings. The van der Waals surface area contributed by atoms with Gasteiger partial charge in [0.15, 0.2) is 10.3 Å². The average molecular weight is 375 g/mol. The lowest BCUT2D eigenvalue weighted by atomic mass is 10.1. The normalized spacial score (nSPS) is 10.6. The molecule has 0 unspecified atom stereocenters. The summed E-state index contributed by atoms with van der Waals surface area (Å²) in [4.78, 5) is 17.4. The monoisotopic (exact) mass is 375 g/mol. The summed E-state index contributed by atoms with van der Waals surface area (Å²) in [7, 11) is 3.49. The second-order valence-electron chi connectivity index (χ2n) is 5.22. The first kappa shape index (κ1) is 17.4. The minimum atomic E-state index is -0.113. The summed E-state index contributed by atoms with van der Waals surface area (Å²) in [5.41, 5.74) is 1.17. The van der Waals surface area contributed by atoms with Gasteiger partial charge in [-0.25, -0.2) is 4.98 Å². The van der Waals surface area contributed by atoms with Crippen molar-refractivity contribution in [3.8, 4) is 5.75 Å². The molecule has 2 heterocycles. The van der Waals surface area contributed by atoms with Crippen molar-refractivity contribution in [2.75, 3.05) is 18.2 Å².